The fraction of sp³-hybridized carbons (Fsp3) is 0.280. The van der Waals surface area contributed by atoms with Gasteiger partial charge in [0.2, 0.25) is 11.2 Å². The van der Waals surface area contributed by atoms with Crippen molar-refractivity contribution in [3.8, 4) is 0 Å². The van der Waals surface area contributed by atoms with Crippen LogP contribution in [0.3, 0.4) is 0 Å². The molecular weight excluding hydrogens is 428 g/mol. The molecule has 0 saturated heterocycles. The second-order valence-electron chi connectivity index (χ2n) is 7.42. The van der Waals surface area contributed by atoms with Crippen molar-refractivity contribution in [3.05, 3.63) is 67.7 Å². The predicted octanol–water partition coefficient (Wildman–Crippen LogP) is 4.36. The summed E-state index contributed by atoms with van der Waals surface area (Å²) in [4.78, 5) is 50.5. The zero-order valence-electron chi connectivity index (χ0n) is 18.5. The van der Waals surface area contributed by atoms with Crippen LogP contribution in [-0.4, -0.2) is 25.2 Å². The van der Waals surface area contributed by atoms with E-state index in [2.05, 4.69) is 0 Å². The van der Waals surface area contributed by atoms with Gasteiger partial charge < -0.3 is 18.3 Å². The van der Waals surface area contributed by atoms with Gasteiger partial charge in [0.25, 0.3) is 0 Å². The Kier molecular flexibility index (Phi) is 6.00. The number of benzene rings is 2. The maximum Gasteiger partial charge on any atom is 0.374 e. The molecule has 2 aromatic carbocycles. The van der Waals surface area contributed by atoms with Crippen molar-refractivity contribution >= 4 is 44.8 Å². The minimum atomic E-state index is -0.745. The quantitative estimate of drug-likeness (QED) is 0.315. The summed E-state index contributed by atoms with van der Waals surface area (Å²) >= 11 is 0. The van der Waals surface area contributed by atoms with E-state index in [0.29, 0.717) is 18.4 Å². The first-order chi connectivity index (χ1) is 15.9. The van der Waals surface area contributed by atoms with Crippen LogP contribution in [0.15, 0.2) is 48.8 Å². The molecule has 4 aromatic rings. The van der Waals surface area contributed by atoms with E-state index < -0.39 is 17.4 Å². The van der Waals surface area contributed by atoms with Crippen molar-refractivity contribution in [1.29, 1.82) is 0 Å². The summed E-state index contributed by atoms with van der Waals surface area (Å²) in [7, 11) is 0. The number of ether oxygens (including phenoxy) is 2. The molecule has 33 heavy (non-hydrogen) atoms. The van der Waals surface area contributed by atoms with E-state index in [1.165, 1.54) is 24.3 Å². The van der Waals surface area contributed by atoms with Crippen molar-refractivity contribution in [2.24, 2.45) is 0 Å². The molecule has 0 aliphatic carbocycles. The van der Waals surface area contributed by atoms with Crippen LogP contribution in [-0.2, 0) is 15.9 Å². The highest BCUT2D eigenvalue weighted by Gasteiger charge is 2.21. The molecule has 0 unspecified atom stereocenters. The standard InChI is InChI=1S/C25H22O8/c1-4-7-14-22-15(18(26)12-20(33-22)25(29)31-6-3)11-17-21(27)16-10-13(24(28)30-5-2)8-9-19(16)32-23(14)17/h8-12H,4-7H2,1-3H3. The minimum absolute atomic E-state index is 0.134. The fourth-order valence-corrected chi connectivity index (χ4v) is 3.80. The molecule has 8 heteroatoms. The lowest BCUT2D eigenvalue weighted by atomic mass is 10.0. The maximum absolute atomic E-state index is 13.4. The van der Waals surface area contributed by atoms with Crippen LogP contribution in [0.1, 0.15) is 53.7 Å². The average molecular weight is 450 g/mol. The Balaban J connectivity index is 2.07. The molecule has 0 bridgehead atoms. The molecule has 0 fully saturated rings. The monoisotopic (exact) mass is 450 g/mol. The van der Waals surface area contributed by atoms with E-state index >= 15 is 0 Å². The molecule has 0 saturated carbocycles. The van der Waals surface area contributed by atoms with Crippen LogP contribution >= 0.6 is 0 Å². The maximum atomic E-state index is 13.4. The van der Waals surface area contributed by atoms with Crippen LogP contribution < -0.4 is 10.9 Å². The van der Waals surface area contributed by atoms with Gasteiger partial charge in [-0.25, -0.2) is 9.59 Å². The number of fused-ring (bicyclic) bond motifs is 3. The van der Waals surface area contributed by atoms with Crippen LogP contribution in [0, 0.1) is 0 Å². The first-order valence-corrected chi connectivity index (χ1v) is 10.7. The van der Waals surface area contributed by atoms with Gasteiger partial charge in [0.1, 0.15) is 16.7 Å². The topological polar surface area (TPSA) is 113 Å². The van der Waals surface area contributed by atoms with E-state index in [1.54, 1.807) is 13.8 Å². The Labute approximate surface area is 187 Å². The van der Waals surface area contributed by atoms with Gasteiger partial charge in [0, 0.05) is 11.6 Å². The number of carbonyl (C=O) groups is 2. The lowest BCUT2D eigenvalue weighted by molar-refractivity contribution is 0.0488. The highest BCUT2D eigenvalue weighted by atomic mass is 16.5. The molecule has 0 N–H and O–H groups in total. The van der Waals surface area contributed by atoms with E-state index in [-0.39, 0.29) is 62.9 Å². The van der Waals surface area contributed by atoms with Crippen molar-refractivity contribution in [2.45, 2.75) is 33.6 Å². The average Bonchev–Trinajstić information content (AvgIpc) is 2.80. The molecule has 0 aliphatic rings. The summed E-state index contributed by atoms with van der Waals surface area (Å²) in [6, 6.07) is 6.95. The summed E-state index contributed by atoms with van der Waals surface area (Å²) in [5.74, 6) is -1.50. The van der Waals surface area contributed by atoms with Crippen LogP contribution in [0.4, 0.5) is 0 Å². The van der Waals surface area contributed by atoms with Gasteiger partial charge in [-0.3, -0.25) is 9.59 Å². The summed E-state index contributed by atoms with van der Waals surface area (Å²) in [5.41, 5.74) is 0.622. The number of esters is 2. The Hall–Kier alpha value is -3.94. The molecule has 170 valence electrons. The lowest BCUT2D eigenvalue weighted by Crippen LogP contribution is -2.12. The predicted molar refractivity (Wildman–Crippen MR) is 122 cm³/mol. The SMILES string of the molecule is CCCc1c2oc(C(=O)OCC)cc(=O)c2cc2c(=O)c3cc(C(=O)OCC)ccc3oc12. The van der Waals surface area contributed by atoms with Gasteiger partial charge >= 0.3 is 11.9 Å². The van der Waals surface area contributed by atoms with Crippen molar-refractivity contribution in [3.63, 3.8) is 0 Å². The summed E-state index contributed by atoms with van der Waals surface area (Å²) < 4.78 is 21.8. The largest absolute Gasteiger partial charge is 0.462 e. The molecular formula is C25H22O8. The Morgan fingerprint density at radius 2 is 1.52 bits per heavy atom. The van der Waals surface area contributed by atoms with E-state index in [0.717, 1.165) is 6.07 Å². The van der Waals surface area contributed by atoms with Gasteiger partial charge in [-0.05, 0) is 44.5 Å². The van der Waals surface area contributed by atoms with Crippen molar-refractivity contribution in [1.82, 2.24) is 0 Å². The Bertz CT molecular complexity index is 1520. The first kappa shape index (κ1) is 22.3. The van der Waals surface area contributed by atoms with Crippen molar-refractivity contribution < 1.29 is 27.9 Å². The zero-order valence-corrected chi connectivity index (χ0v) is 18.5. The highest BCUT2D eigenvalue weighted by molar-refractivity contribution is 6.02. The molecule has 0 radical (unpaired) electrons. The van der Waals surface area contributed by atoms with Crippen LogP contribution in [0.25, 0.3) is 32.9 Å². The second-order valence-corrected chi connectivity index (χ2v) is 7.42. The molecule has 0 aliphatic heterocycles. The Morgan fingerprint density at radius 3 is 2.21 bits per heavy atom. The minimum Gasteiger partial charge on any atom is -0.462 e. The normalized spacial score (nSPS) is 11.2. The van der Waals surface area contributed by atoms with Crippen LogP contribution in [0.2, 0.25) is 0 Å². The zero-order chi connectivity index (χ0) is 23.7. The van der Waals surface area contributed by atoms with E-state index in [1.807, 2.05) is 6.92 Å². The number of rotatable bonds is 6. The third kappa shape index (κ3) is 3.88. The fourth-order valence-electron chi connectivity index (χ4n) is 3.80. The Morgan fingerprint density at radius 1 is 0.818 bits per heavy atom. The third-order valence-corrected chi connectivity index (χ3v) is 5.23. The first-order valence-electron chi connectivity index (χ1n) is 10.7. The second kappa shape index (κ2) is 8.90. The summed E-state index contributed by atoms with van der Waals surface area (Å²) in [6.07, 6.45) is 1.11. The highest BCUT2D eigenvalue weighted by Crippen LogP contribution is 2.30. The smallest absolute Gasteiger partial charge is 0.374 e. The van der Waals surface area contributed by atoms with E-state index in [4.69, 9.17) is 18.3 Å². The number of hydrogen-bond acceptors (Lipinski definition) is 8. The molecule has 0 spiro atoms. The van der Waals surface area contributed by atoms with Crippen LogP contribution in [0.5, 0.6) is 0 Å². The molecule has 0 amide bonds. The van der Waals surface area contributed by atoms with Gasteiger partial charge in [0.15, 0.2) is 5.43 Å². The lowest BCUT2D eigenvalue weighted by Gasteiger charge is -2.11. The van der Waals surface area contributed by atoms with E-state index in [9.17, 15) is 19.2 Å². The summed E-state index contributed by atoms with van der Waals surface area (Å²) in [6.45, 7) is 5.62. The molecule has 8 nitrogen and oxygen atoms in total. The number of aryl methyl sites for hydroxylation is 1. The van der Waals surface area contributed by atoms with Gasteiger partial charge in [-0.1, -0.05) is 13.3 Å². The van der Waals surface area contributed by atoms with Gasteiger partial charge in [0.05, 0.1) is 34.9 Å². The molecule has 2 heterocycles. The number of hydrogen-bond donors (Lipinski definition) is 0. The molecule has 4 rings (SSSR count). The molecule has 2 aromatic heterocycles. The van der Waals surface area contributed by atoms with Gasteiger partial charge in [-0.15, -0.1) is 0 Å². The number of carbonyl (C=O) groups excluding carboxylic acids is 2. The summed E-state index contributed by atoms with van der Waals surface area (Å²) in [5, 5.41) is 0.547. The van der Waals surface area contributed by atoms with Crippen molar-refractivity contribution in [2.75, 3.05) is 13.2 Å². The van der Waals surface area contributed by atoms with Gasteiger partial charge in [-0.2, -0.15) is 0 Å². The third-order valence-electron chi connectivity index (χ3n) is 5.23. The molecule has 0 atom stereocenters.